The maximum atomic E-state index is 13.7. The fourth-order valence-corrected chi connectivity index (χ4v) is 5.66. The largest absolute Gasteiger partial charge is 0.496 e. The van der Waals surface area contributed by atoms with Crippen molar-refractivity contribution in [3.63, 3.8) is 0 Å². The number of methoxy groups -OCH3 is 3. The Labute approximate surface area is 285 Å². The lowest BCUT2D eigenvalue weighted by molar-refractivity contribution is -0.137. The molecule has 0 aliphatic heterocycles. The maximum Gasteiger partial charge on any atom is 0.418 e. The molecule has 4 rings (SSSR count). The molecule has 3 amide bonds. The van der Waals surface area contributed by atoms with Gasteiger partial charge in [-0.05, 0) is 61.0 Å². The van der Waals surface area contributed by atoms with Crippen LogP contribution in [0.5, 0.6) is 17.2 Å². The minimum absolute atomic E-state index is 0.119. The van der Waals surface area contributed by atoms with Crippen LogP contribution in [0.1, 0.15) is 34.8 Å². The molecule has 0 saturated heterocycles. The third-order valence-corrected chi connectivity index (χ3v) is 8.45. The number of carbonyl (C=O) groups is 3. The highest BCUT2D eigenvalue weighted by atomic mass is 32.2. The molecule has 0 spiro atoms. The molecule has 0 saturated carbocycles. The van der Waals surface area contributed by atoms with E-state index < -0.39 is 34.7 Å². The van der Waals surface area contributed by atoms with Gasteiger partial charge in [-0.2, -0.15) is 13.2 Å². The fraction of sp³-hybridized carbons (Fsp3) is 0.194. The number of hydrogen-bond donors (Lipinski definition) is 3. The summed E-state index contributed by atoms with van der Waals surface area (Å²) in [6.45, 7) is 1.74. The van der Waals surface area contributed by atoms with E-state index >= 15 is 0 Å². The van der Waals surface area contributed by atoms with E-state index in [-0.39, 0.29) is 11.4 Å². The summed E-state index contributed by atoms with van der Waals surface area (Å²) in [5.41, 5.74) is -0.323. The molecular weight excluding hydrogens is 659 g/mol. The number of hydrogen-bond acceptors (Lipinski definition) is 7. The number of rotatable bonds is 13. The van der Waals surface area contributed by atoms with Crippen LogP contribution in [0.4, 0.5) is 24.5 Å². The van der Waals surface area contributed by atoms with Crippen molar-refractivity contribution >= 4 is 46.9 Å². The molecule has 49 heavy (non-hydrogen) atoms. The van der Waals surface area contributed by atoms with Crippen LogP contribution in [0.3, 0.4) is 0 Å². The van der Waals surface area contributed by atoms with Crippen molar-refractivity contribution in [3.8, 4) is 17.2 Å². The highest BCUT2D eigenvalue weighted by molar-refractivity contribution is 8.00. The number of thioether (sulfide) groups is 1. The van der Waals surface area contributed by atoms with Gasteiger partial charge in [0, 0.05) is 27.8 Å². The molecule has 4 aromatic rings. The molecule has 0 bridgehead atoms. The van der Waals surface area contributed by atoms with Gasteiger partial charge in [-0.25, -0.2) is 0 Å². The number of benzene rings is 4. The van der Waals surface area contributed by atoms with Crippen molar-refractivity contribution < 1.29 is 41.8 Å². The third-order valence-electron chi connectivity index (χ3n) is 7.09. The molecule has 9 nitrogen and oxygen atoms in total. The smallest absolute Gasteiger partial charge is 0.418 e. The van der Waals surface area contributed by atoms with Gasteiger partial charge >= 0.3 is 6.18 Å². The first-order chi connectivity index (χ1) is 23.5. The fourth-order valence-electron chi connectivity index (χ4n) is 4.65. The quantitative estimate of drug-likeness (QED) is 0.0974. The number of alkyl halides is 3. The molecule has 0 heterocycles. The average Bonchev–Trinajstić information content (AvgIpc) is 3.10. The van der Waals surface area contributed by atoms with Gasteiger partial charge in [-0.15, -0.1) is 11.8 Å². The van der Waals surface area contributed by atoms with E-state index in [0.29, 0.717) is 45.4 Å². The Kier molecular flexibility index (Phi) is 12.3. The van der Waals surface area contributed by atoms with Gasteiger partial charge in [0.1, 0.15) is 11.4 Å². The zero-order valence-corrected chi connectivity index (χ0v) is 27.8. The second kappa shape index (κ2) is 16.6. The Morgan fingerprint density at radius 2 is 1.45 bits per heavy atom. The number of nitrogens with one attached hydrogen (secondary N) is 3. The van der Waals surface area contributed by atoms with Crippen molar-refractivity contribution in [1.82, 2.24) is 5.32 Å². The molecule has 0 aliphatic rings. The lowest BCUT2D eigenvalue weighted by atomic mass is 10.1. The Balaban J connectivity index is 1.59. The molecule has 0 aliphatic carbocycles. The van der Waals surface area contributed by atoms with Crippen LogP contribution in [0.25, 0.3) is 6.08 Å². The van der Waals surface area contributed by atoms with E-state index in [0.717, 1.165) is 17.8 Å². The number of halogens is 3. The molecule has 13 heteroatoms. The van der Waals surface area contributed by atoms with E-state index in [1.54, 1.807) is 73.7 Å². The summed E-state index contributed by atoms with van der Waals surface area (Å²) in [6, 6.07) is 22.9. The van der Waals surface area contributed by atoms with Crippen LogP contribution in [0.15, 0.2) is 102 Å². The summed E-state index contributed by atoms with van der Waals surface area (Å²) >= 11 is 1.13. The van der Waals surface area contributed by atoms with Gasteiger partial charge in [0.05, 0.1) is 37.8 Å². The molecule has 4 aromatic carbocycles. The average molecular weight is 694 g/mol. The van der Waals surface area contributed by atoms with Crippen molar-refractivity contribution in [2.75, 3.05) is 32.0 Å². The summed E-state index contributed by atoms with van der Waals surface area (Å²) in [5.74, 6) is -0.696. The second-order valence-electron chi connectivity index (χ2n) is 10.4. The summed E-state index contributed by atoms with van der Waals surface area (Å²) < 4.78 is 56.7. The highest BCUT2D eigenvalue weighted by Gasteiger charge is 2.34. The lowest BCUT2D eigenvalue weighted by Crippen LogP contribution is -2.30. The molecule has 1 unspecified atom stereocenters. The zero-order chi connectivity index (χ0) is 35.6. The summed E-state index contributed by atoms with van der Waals surface area (Å²) in [4.78, 5) is 40.5. The Morgan fingerprint density at radius 3 is 2.10 bits per heavy atom. The SMILES string of the molecule is CCC(Sc1cccc(NC(=O)/C(=C\c2cc(OC)c(OC)cc2OC)NC(=O)c2ccccc2)c1)C(=O)Nc1ccccc1C(F)(F)F. The Hall–Kier alpha value is -5.43. The van der Waals surface area contributed by atoms with Crippen LogP contribution in [-0.4, -0.2) is 44.3 Å². The van der Waals surface area contributed by atoms with Gasteiger partial charge in [-0.1, -0.05) is 43.3 Å². The maximum absolute atomic E-state index is 13.7. The molecule has 0 aromatic heterocycles. The topological polar surface area (TPSA) is 115 Å². The monoisotopic (exact) mass is 693 g/mol. The first-order valence-electron chi connectivity index (χ1n) is 14.9. The summed E-state index contributed by atoms with van der Waals surface area (Å²) in [6.07, 6.45) is -2.89. The van der Waals surface area contributed by atoms with Crippen LogP contribution >= 0.6 is 11.8 Å². The standard InChI is InChI=1S/C36H34F3N3O6S/c1-5-32(35(45)41-27-17-10-9-16-26(27)36(37,38)39)49-25-15-11-14-24(20-25)40-34(44)28(42-33(43)22-12-7-6-8-13-22)18-23-19-30(47-3)31(48-4)21-29(23)46-2/h6-21,32H,5H2,1-4H3,(H,40,44)(H,41,45)(H,42,43)/b28-18+. The van der Waals surface area contributed by atoms with Crippen LogP contribution in [0, 0.1) is 0 Å². The third kappa shape index (κ3) is 9.57. The number of ether oxygens (including phenoxy) is 3. The molecule has 0 radical (unpaired) electrons. The van der Waals surface area contributed by atoms with E-state index in [4.69, 9.17) is 14.2 Å². The van der Waals surface area contributed by atoms with Crippen LogP contribution < -0.4 is 30.2 Å². The predicted octanol–water partition coefficient (Wildman–Crippen LogP) is 7.65. The van der Waals surface area contributed by atoms with Gasteiger partial charge in [0.25, 0.3) is 11.8 Å². The van der Waals surface area contributed by atoms with Crippen molar-refractivity contribution in [2.45, 2.75) is 29.7 Å². The first kappa shape index (κ1) is 36.4. The number of anilines is 2. The summed E-state index contributed by atoms with van der Waals surface area (Å²) in [7, 11) is 4.38. The van der Waals surface area contributed by atoms with Crippen LogP contribution in [-0.2, 0) is 15.8 Å². The summed E-state index contributed by atoms with van der Waals surface area (Å²) in [5, 5.41) is 7.11. The Morgan fingerprint density at radius 1 is 0.796 bits per heavy atom. The second-order valence-corrected chi connectivity index (χ2v) is 11.6. The van der Waals surface area contributed by atoms with E-state index in [9.17, 15) is 27.6 Å². The Bertz CT molecular complexity index is 1830. The molecule has 256 valence electrons. The van der Waals surface area contributed by atoms with Gasteiger partial charge in [0.15, 0.2) is 11.5 Å². The number of para-hydroxylation sites is 1. The van der Waals surface area contributed by atoms with Crippen molar-refractivity contribution in [3.05, 3.63) is 113 Å². The molecule has 0 fully saturated rings. The molecular formula is C36H34F3N3O6S. The van der Waals surface area contributed by atoms with Gasteiger partial charge in [0.2, 0.25) is 5.91 Å². The normalized spacial score (nSPS) is 12.0. The van der Waals surface area contributed by atoms with E-state index in [1.807, 2.05) is 0 Å². The highest BCUT2D eigenvalue weighted by Crippen LogP contribution is 2.37. The zero-order valence-electron chi connectivity index (χ0n) is 27.0. The lowest BCUT2D eigenvalue weighted by Gasteiger charge is -2.18. The number of amides is 3. The predicted molar refractivity (Wildman–Crippen MR) is 183 cm³/mol. The minimum atomic E-state index is -4.64. The number of carbonyl (C=O) groups excluding carboxylic acids is 3. The molecule has 1 atom stereocenters. The van der Waals surface area contributed by atoms with Crippen molar-refractivity contribution in [1.29, 1.82) is 0 Å². The molecule has 3 N–H and O–H groups in total. The van der Waals surface area contributed by atoms with E-state index in [1.165, 1.54) is 45.6 Å². The minimum Gasteiger partial charge on any atom is -0.496 e. The van der Waals surface area contributed by atoms with Gasteiger partial charge in [-0.3, -0.25) is 14.4 Å². The van der Waals surface area contributed by atoms with E-state index in [2.05, 4.69) is 16.0 Å². The first-order valence-corrected chi connectivity index (χ1v) is 15.8. The van der Waals surface area contributed by atoms with Crippen molar-refractivity contribution in [2.24, 2.45) is 0 Å². The van der Waals surface area contributed by atoms with Crippen LogP contribution in [0.2, 0.25) is 0 Å². The van der Waals surface area contributed by atoms with Gasteiger partial charge < -0.3 is 30.2 Å².